The zero-order valence-corrected chi connectivity index (χ0v) is 13.3. The summed E-state index contributed by atoms with van der Waals surface area (Å²) in [5.74, 6) is -1.86. The topological polar surface area (TPSA) is 111 Å². The van der Waals surface area contributed by atoms with Gasteiger partial charge in [-0.05, 0) is 43.3 Å². The minimum Gasteiger partial charge on any atom is -0.449 e. The Morgan fingerprint density at radius 3 is 2.32 bits per heavy atom. The first kappa shape index (κ1) is 17.9. The number of carbonyl (C=O) groups excluding carboxylic acids is 3. The summed E-state index contributed by atoms with van der Waals surface area (Å²) >= 11 is 0. The number of anilines is 2. The maximum absolute atomic E-state index is 13.1. The molecule has 0 heterocycles. The summed E-state index contributed by atoms with van der Waals surface area (Å²) < 4.78 is 18.2. The average Bonchev–Trinajstić information content (AvgIpc) is 2.54. The van der Waals surface area contributed by atoms with Crippen molar-refractivity contribution in [3.05, 3.63) is 59.9 Å². The molecule has 2 rings (SSSR count). The van der Waals surface area contributed by atoms with Crippen LogP contribution in [0.5, 0.6) is 0 Å². The molecule has 1 atom stereocenters. The van der Waals surface area contributed by atoms with Gasteiger partial charge >= 0.3 is 12.0 Å². The largest absolute Gasteiger partial charge is 0.449 e. The van der Waals surface area contributed by atoms with E-state index in [1.165, 1.54) is 43.3 Å². The number of hydrogen-bond donors (Lipinski definition) is 3. The smallest absolute Gasteiger partial charge is 0.338 e. The summed E-state index contributed by atoms with van der Waals surface area (Å²) in [5, 5.41) is 4.78. The third-order valence-corrected chi connectivity index (χ3v) is 3.11. The molecule has 0 saturated carbocycles. The summed E-state index contributed by atoms with van der Waals surface area (Å²) in [6, 6.07) is 10.5. The molecule has 0 unspecified atom stereocenters. The van der Waals surface area contributed by atoms with Gasteiger partial charge in [0.25, 0.3) is 5.91 Å². The van der Waals surface area contributed by atoms with Crippen molar-refractivity contribution in [3.8, 4) is 0 Å². The van der Waals surface area contributed by atoms with E-state index in [1.54, 1.807) is 6.07 Å². The molecule has 0 aliphatic rings. The molecular formula is C17H16FN3O4. The van der Waals surface area contributed by atoms with Gasteiger partial charge in [-0.1, -0.05) is 12.1 Å². The van der Waals surface area contributed by atoms with Gasteiger partial charge in [-0.15, -0.1) is 0 Å². The number of ether oxygens (including phenoxy) is 1. The normalized spacial score (nSPS) is 11.3. The Hall–Kier alpha value is -3.42. The molecule has 0 saturated heterocycles. The van der Waals surface area contributed by atoms with Crippen molar-refractivity contribution in [2.45, 2.75) is 13.0 Å². The lowest BCUT2D eigenvalue weighted by molar-refractivity contribution is -0.123. The Bertz CT molecular complexity index is 810. The van der Waals surface area contributed by atoms with Crippen LogP contribution in [0.3, 0.4) is 0 Å². The third kappa shape index (κ3) is 5.31. The molecule has 3 amide bonds. The van der Waals surface area contributed by atoms with Crippen molar-refractivity contribution in [1.82, 2.24) is 0 Å². The summed E-state index contributed by atoms with van der Waals surface area (Å²) in [7, 11) is 0. The highest BCUT2D eigenvalue weighted by Crippen LogP contribution is 2.14. The predicted octanol–water partition coefficient (Wildman–Crippen LogP) is 2.50. The molecule has 0 aliphatic carbocycles. The summed E-state index contributed by atoms with van der Waals surface area (Å²) in [6.07, 6.45) is -1.11. The molecule has 25 heavy (non-hydrogen) atoms. The highest BCUT2D eigenvalue weighted by molar-refractivity contribution is 5.98. The van der Waals surface area contributed by atoms with Crippen LogP contribution < -0.4 is 16.4 Å². The number of urea groups is 1. The van der Waals surface area contributed by atoms with Gasteiger partial charge < -0.3 is 21.1 Å². The second-order valence-corrected chi connectivity index (χ2v) is 5.12. The molecule has 0 fully saturated rings. The first-order chi connectivity index (χ1) is 11.8. The fourth-order valence-electron chi connectivity index (χ4n) is 1.96. The first-order valence-corrected chi connectivity index (χ1v) is 7.29. The van der Waals surface area contributed by atoms with E-state index in [0.29, 0.717) is 5.69 Å². The van der Waals surface area contributed by atoms with E-state index in [0.717, 1.165) is 6.07 Å². The fourth-order valence-corrected chi connectivity index (χ4v) is 1.96. The minimum absolute atomic E-state index is 0.136. The fraction of sp³-hybridized carbons (Fsp3) is 0.118. The van der Waals surface area contributed by atoms with Crippen LogP contribution in [0.1, 0.15) is 17.3 Å². The number of benzene rings is 2. The summed E-state index contributed by atoms with van der Waals surface area (Å²) in [5.41, 5.74) is 5.71. The Morgan fingerprint density at radius 2 is 1.68 bits per heavy atom. The summed E-state index contributed by atoms with van der Waals surface area (Å²) in [4.78, 5) is 34.9. The van der Waals surface area contributed by atoms with Gasteiger partial charge in [-0.25, -0.2) is 14.0 Å². The van der Waals surface area contributed by atoms with Crippen molar-refractivity contribution in [1.29, 1.82) is 0 Å². The number of amides is 3. The number of nitrogens with one attached hydrogen (secondary N) is 2. The molecule has 0 bridgehead atoms. The van der Waals surface area contributed by atoms with E-state index in [9.17, 15) is 18.8 Å². The standard InChI is InChI=1S/C17H16FN3O4/c1-10(15(22)20-14-7-3-5-12(18)9-14)25-16(23)11-4-2-6-13(8-11)21-17(19)24/h2-10H,1H3,(H,20,22)(H3,19,21,24)/t10-/m0/s1. The maximum Gasteiger partial charge on any atom is 0.338 e. The molecule has 130 valence electrons. The van der Waals surface area contributed by atoms with E-state index in [1.807, 2.05) is 0 Å². The molecule has 0 spiro atoms. The van der Waals surface area contributed by atoms with Crippen molar-refractivity contribution in [3.63, 3.8) is 0 Å². The Balaban J connectivity index is 1.99. The van der Waals surface area contributed by atoms with Gasteiger partial charge in [0.15, 0.2) is 6.10 Å². The van der Waals surface area contributed by atoms with Crippen molar-refractivity contribution in [2.75, 3.05) is 10.6 Å². The Labute approximate surface area is 143 Å². The zero-order chi connectivity index (χ0) is 18.4. The molecule has 0 aromatic heterocycles. The molecule has 0 radical (unpaired) electrons. The van der Waals surface area contributed by atoms with E-state index in [4.69, 9.17) is 10.5 Å². The zero-order valence-electron chi connectivity index (χ0n) is 13.3. The van der Waals surface area contributed by atoms with Crippen LogP contribution in [-0.2, 0) is 9.53 Å². The number of rotatable bonds is 5. The van der Waals surface area contributed by atoms with E-state index in [2.05, 4.69) is 10.6 Å². The number of halogens is 1. The lowest BCUT2D eigenvalue weighted by atomic mass is 10.2. The minimum atomic E-state index is -1.11. The van der Waals surface area contributed by atoms with Gasteiger partial charge in [-0.2, -0.15) is 0 Å². The highest BCUT2D eigenvalue weighted by atomic mass is 19.1. The second-order valence-electron chi connectivity index (χ2n) is 5.12. The van der Waals surface area contributed by atoms with Crippen LogP contribution in [0.2, 0.25) is 0 Å². The van der Waals surface area contributed by atoms with Crippen molar-refractivity contribution < 1.29 is 23.5 Å². The average molecular weight is 345 g/mol. The molecule has 4 N–H and O–H groups in total. The van der Waals surface area contributed by atoms with Crippen LogP contribution in [0.4, 0.5) is 20.6 Å². The van der Waals surface area contributed by atoms with E-state index >= 15 is 0 Å². The predicted molar refractivity (Wildman–Crippen MR) is 89.6 cm³/mol. The maximum atomic E-state index is 13.1. The Kier molecular flexibility index (Phi) is 5.67. The third-order valence-electron chi connectivity index (χ3n) is 3.11. The quantitative estimate of drug-likeness (QED) is 0.723. The molecule has 2 aromatic rings. The molecule has 7 nitrogen and oxygen atoms in total. The van der Waals surface area contributed by atoms with Gasteiger partial charge in [0, 0.05) is 11.4 Å². The van der Waals surface area contributed by atoms with Gasteiger partial charge in [0.05, 0.1) is 5.56 Å². The van der Waals surface area contributed by atoms with Crippen LogP contribution in [0.15, 0.2) is 48.5 Å². The molecule has 2 aromatic carbocycles. The van der Waals surface area contributed by atoms with Crippen molar-refractivity contribution in [2.24, 2.45) is 5.73 Å². The van der Waals surface area contributed by atoms with Crippen LogP contribution in [-0.4, -0.2) is 24.0 Å². The second kappa shape index (κ2) is 7.91. The van der Waals surface area contributed by atoms with E-state index in [-0.39, 0.29) is 11.3 Å². The van der Waals surface area contributed by atoms with Crippen molar-refractivity contribution >= 4 is 29.3 Å². The van der Waals surface area contributed by atoms with Crippen LogP contribution in [0, 0.1) is 5.82 Å². The molecule has 0 aliphatic heterocycles. The Morgan fingerprint density at radius 1 is 1.04 bits per heavy atom. The number of nitrogens with two attached hydrogens (primary N) is 1. The SMILES string of the molecule is C[C@H](OC(=O)c1cccc(NC(N)=O)c1)C(=O)Nc1cccc(F)c1. The van der Waals surface area contributed by atoms with Gasteiger partial charge in [0.1, 0.15) is 5.82 Å². The highest BCUT2D eigenvalue weighted by Gasteiger charge is 2.19. The number of carbonyl (C=O) groups is 3. The van der Waals surface area contributed by atoms with Crippen LogP contribution in [0.25, 0.3) is 0 Å². The van der Waals surface area contributed by atoms with Gasteiger partial charge in [0.2, 0.25) is 0 Å². The summed E-state index contributed by atoms with van der Waals surface area (Å²) in [6.45, 7) is 1.39. The first-order valence-electron chi connectivity index (χ1n) is 7.29. The number of esters is 1. The lowest BCUT2D eigenvalue weighted by Crippen LogP contribution is -2.30. The van der Waals surface area contributed by atoms with Crippen LogP contribution >= 0.6 is 0 Å². The lowest BCUT2D eigenvalue weighted by Gasteiger charge is -2.14. The van der Waals surface area contributed by atoms with E-state index < -0.39 is 29.8 Å². The monoisotopic (exact) mass is 345 g/mol. The van der Waals surface area contributed by atoms with Gasteiger partial charge in [-0.3, -0.25) is 4.79 Å². The number of primary amides is 1. The molecular weight excluding hydrogens is 329 g/mol. The number of hydrogen-bond acceptors (Lipinski definition) is 4. The molecule has 8 heteroatoms.